The zero-order chi connectivity index (χ0) is 25.9. The van der Waals surface area contributed by atoms with E-state index in [0.717, 1.165) is 18.2 Å². The highest BCUT2D eigenvalue weighted by Gasteiger charge is 2.34. The third-order valence-corrected chi connectivity index (χ3v) is 4.91. The van der Waals surface area contributed by atoms with Gasteiger partial charge in [-0.15, -0.1) is 0 Å². The van der Waals surface area contributed by atoms with E-state index < -0.39 is 23.3 Å². The van der Waals surface area contributed by atoms with Gasteiger partial charge in [0, 0.05) is 31.1 Å². The minimum atomic E-state index is -4.66. The quantitative estimate of drug-likeness (QED) is 0.267. The fourth-order valence-corrected chi connectivity index (χ4v) is 3.27. The molecule has 0 fully saturated rings. The molecule has 36 heavy (non-hydrogen) atoms. The molecule has 9 nitrogen and oxygen atoms in total. The summed E-state index contributed by atoms with van der Waals surface area (Å²) < 4.78 is 45.8. The molecule has 0 radical (unpaired) electrons. The van der Waals surface area contributed by atoms with Crippen molar-refractivity contribution < 1.29 is 27.5 Å². The Bertz CT molecular complexity index is 1470. The molecule has 4 rings (SSSR count). The van der Waals surface area contributed by atoms with Gasteiger partial charge in [-0.1, -0.05) is 6.58 Å². The molecule has 184 valence electrons. The number of rotatable bonds is 7. The van der Waals surface area contributed by atoms with E-state index in [1.165, 1.54) is 25.4 Å². The molecule has 2 aromatic heterocycles. The van der Waals surface area contributed by atoms with Gasteiger partial charge in [0.15, 0.2) is 0 Å². The lowest BCUT2D eigenvalue weighted by Gasteiger charge is -2.14. The highest BCUT2D eigenvalue weighted by molar-refractivity contribution is 6.00. The number of nitrogens with one attached hydrogen (secondary N) is 4. The number of amides is 2. The van der Waals surface area contributed by atoms with Crippen LogP contribution >= 0.6 is 0 Å². The summed E-state index contributed by atoms with van der Waals surface area (Å²) in [6.07, 6.45) is -2.33. The number of H-pyrrole nitrogens is 1. The van der Waals surface area contributed by atoms with Crippen LogP contribution in [0.3, 0.4) is 0 Å². The molecule has 0 unspecified atom stereocenters. The maximum atomic E-state index is 13.3. The van der Waals surface area contributed by atoms with Crippen LogP contribution in [-0.4, -0.2) is 33.8 Å². The standard InChI is InChI=1S/C24H19F3N6O3/c1-3-21(34)31-18-10-13(4-6-16(18)24(25,26)27)30-23-32-17-7-5-14(11-19(17)33-23)36-15-8-9-29-20(12-15)22(35)28-2/h3-12H,1H2,2H3,(H,28,35)(H,31,34)(H2,30,32,33). The van der Waals surface area contributed by atoms with Gasteiger partial charge in [0.2, 0.25) is 11.9 Å². The largest absolute Gasteiger partial charge is 0.457 e. The van der Waals surface area contributed by atoms with E-state index in [2.05, 4.69) is 37.5 Å². The molecule has 0 atom stereocenters. The van der Waals surface area contributed by atoms with Gasteiger partial charge in [-0.25, -0.2) is 4.98 Å². The van der Waals surface area contributed by atoms with Crippen molar-refractivity contribution in [2.75, 3.05) is 17.7 Å². The van der Waals surface area contributed by atoms with Crippen LogP contribution < -0.4 is 20.7 Å². The maximum absolute atomic E-state index is 13.3. The Morgan fingerprint density at radius 2 is 1.86 bits per heavy atom. The van der Waals surface area contributed by atoms with E-state index in [1.807, 2.05) is 0 Å². The van der Waals surface area contributed by atoms with Gasteiger partial charge < -0.3 is 25.7 Å². The molecule has 0 aliphatic carbocycles. The zero-order valence-electron chi connectivity index (χ0n) is 18.7. The Morgan fingerprint density at radius 3 is 2.58 bits per heavy atom. The average Bonchev–Trinajstić information content (AvgIpc) is 3.24. The van der Waals surface area contributed by atoms with Crippen LogP contribution in [0.2, 0.25) is 0 Å². The van der Waals surface area contributed by atoms with Crippen molar-refractivity contribution in [3.8, 4) is 11.5 Å². The molecule has 4 N–H and O–H groups in total. The lowest BCUT2D eigenvalue weighted by Crippen LogP contribution is -2.18. The number of carbonyl (C=O) groups excluding carboxylic acids is 2. The Kier molecular flexibility index (Phi) is 6.59. The minimum absolute atomic E-state index is 0.198. The summed E-state index contributed by atoms with van der Waals surface area (Å²) in [6, 6.07) is 11.4. The van der Waals surface area contributed by atoms with Crippen LogP contribution in [0.15, 0.2) is 67.4 Å². The van der Waals surface area contributed by atoms with Crippen molar-refractivity contribution in [1.29, 1.82) is 0 Å². The molecule has 0 saturated heterocycles. The van der Waals surface area contributed by atoms with Gasteiger partial charge in [-0.2, -0.15) is 13.2 Å². The van der Waals surface area contributed by atoms with E-state index in [4.69, 9.17) is 4.74 Å². The number of nitrogens with zero attached hydrogens (tertiary/aromatic N) is 2. The van der Waals surface area contributed by atoms with Crippen LogP contribution in [0.4, 0.5) is 30.5 Å². The fraction of sp³-hybridized carbons (Fsp3) is 0.0833. The van der Waals surface area contributed by atoms with Gasteiger partial charge in [-0.05, 0) is 42.5 Å². The Labute approximate surface area is 202 Å². The predicted molar refractivity (Wildman–Crippen MR) is 127 cm³/mol. The van der Waals surface area contributed by atoms with Crippen molar-refractivity contribution in [2.24, 2.45) is 0 Å². The van der Waals surface area contributed by atoms with Crippen molar-refractivity contribution in [2.45, 2.75) is 6.18 Å². The number of hydrogen-bond donors (Lipinski definition) is 4. The minimum Gasteiger partial charge on any atom is -0.457 e. The summed E-state index contributed by atoms with van der Waals surface area (Å²) in [5.74, 6) is -0.00896. The number of pyridine rings is 1. The monoisotopic (exact) mass is 496 g/mol. The number of fused-ring (bicyclic) bond motifs is 1. The van der Waals surface area contributed by atoms with Crippen molar-refractivity contribution >= 4 is 40.2 Å². The van der Waals surface area contributed by atoms with Gasteiger partial charge in [-0.3, -0.25) is 14.6 Å². The average molecular weight is 496 g/mol. The molecular formula is C24H19F3N6O3. The molecule has 12 heteroatoms. The second-order valence-electron chi connectivity index (χ2n) is 7.40. The molecule has 0 aliphatic heterocycles. The van der Waals surface area contributed by atoms with E-state index in [9.17, 15) is 22.8 Å². The van der Waals surface area contributed by atoms with Gasteiger partial charge in [0.25, 0.3) is 5.91 Å². The third-order valence-electron chi connectivity index (χ3n) is 4.91. The second-order valence-corrected chi connectivity index (χ2v) is 7.40. The first-order chi connectivity index (χ1) is 17.2. The summed E-state index contributed by atoms with van der Waals surface area (Å²) in [7, 11) is 1.50. The van der Waals surface area contributed by atoms with Gasteiger partial charge >= 0.3 is 6.18 Å². The number of halogens is 3. The van der Waals surface area contributed by atoms with Crippen LogP contribution in [0.25, 0.3) is 11.0 Å². The van der Waals surface area contributed by atoms with E-state index in [1.54, 1.807) is 24.3 Å². The number of ether oxygens (including phenoxy) is 1. The summed E-state index contributed by atoms with van der Waals surface area (Å²) >= 11 is 0. The molecule has 2 amide bonds. The topological polar surface area (TPSA) is 121 Å². The number of benzene rings is 2. The number of anilines is 3. The van der Waals surface area contributed by atoms with E-state index >= 15 is 0 Å². The Hall–Kier alpha value is -4.87. The molecule has 4 aromatic rings. The van der Waals surface area contributed by atoms with Crippen molar-refractivity contribution in [3.05, 3.63) is 78.6 Å². The third kappa shape index (κ3) is 5.43. The van der Waals surface area contributed by atoms with Gasteiger partial charge in [0.1, 0.15) is 17.2 Å². The SMILES string of the molecule is C=CC(=O)Nc1cc(Nc2nc3ccc(Oc4ccnc(C(=O)NC)c4)cc3[nH]2)ccc1C(F)(F)F. The highest BCUT2D eigenvalue weighted by atomic mass is 19.4. The number of alkyl halides is 3. The van der Waals surface area contributed by atoms with Crippen LogP contribution in [0.5, 0.6) is 11.5 Å². The summed E-state index contributed by atoms with van der Waals surface area (Å²) in [6.45, 7) is 3.26. The normalized spacial score (nSPS) is 11.1. The summed E-state index contributed by atoms with van der Waals surface area (Å²) in [5.41, 5.74) is 0.198. The fourth-order valence-electron chi connectivity index (χ4n) is 3.27. The van der Waals surface area contributed by atoms with Gasteiger partial charge in [0.05, 0.1) is 22.3 Å². The second kappa shape index (κ2) is 9.78. The smallest absolute Gasteiger partial charge is 0.418 e. The number of aromatic nitrogens is 3. The van der Waals surface area contributed by atoms with E-state index in [0.29, 0.717) is 22.5 Å². The number of carbonyl (C=O) groups is 2. The maximum Gasteiger partial charge on any atom is 0.418 e. The molecule has 0 bridgehead atoms. The predicted octanol–water partition coefficient (Wildman–Crippen LogP) is 5.00. The summed E-state index contributed by atoms with van der Waals surface area (Å²) in [4.78, 5) is 34.8. The molecular weight excluding hydrogens is 477 g/mol. The first-order valence-electron chi connectivity index (χ1n) is 10.4. The Balaban J connectivity index is 1.56. The highest BCUT2D eigenvalue weighted by Crippen LogP contribution is 2.37. The first-order valence-corrected chi connectivity index (χ1v) is 10.4. The van der Waals surface area contributed by atoms with Crippen LogP contribution in [0.1, 0.15) is 16.1 Å². The number of imidazole rings is 1. The van der Waals surface area contributed by atoms with Crippen LogP contribution in [-0.2, 0) is 11.0 Å². The van der Waals surface area contributed by atoms with Crippen molar-refractivity contribution in [3.63, 3.8) is 0 Å². The molecule has 2 aromatic carbocycles. The summed E-state index contributed by atoms with van der Waals surface area (Å²) in [5, 5.41) is 7.55. The lowest BCUT2D eigenvalue weighted by molar-refractivity contribution is -0.136. The lowest BCUT2D eigenvalue weighted by atomic mass is 10.1. The van der Waals surface area contributed by atoms with E-state index in [-0.39, 0.29) is 23.2 Å². The number of hydrogen-bond acceptors (Lipinski definition) is 6. The molecule has 2 heterocycles. The first kappa shape index (κ1) is 24.3. The molecule has 0 spiro atoms. The molecule has 0 aliphatic rings. The zero-order valence-corrected chi connectivity index (χ0v) is 18.7. The number of aromatic amines is 1. The van der Waals surface area contributed by atoms with Crippen molar-refractivity contribution in [1.82, 2.24) is 20.3 Å². The van der Waals surface area contributed by atoms with Crippen LogP contribution in [0, 0.1) is 0 Å². The molecule has 0 saturated carbocycles. The Morgan fingerprint density at radius 1 is 1.08 bits per heavy atom.